The van der Waals surface area contributed by atoms with Crippen LogP contribution in [-0.2, 0) is 0 Å². The molecule has 0 aliphatic rings. The molecule has 0 saturated carbocycles. The number of benzene rings is 1. The van der Waals surface area contributed by atoms with E-state index in [2.05, 4.69) is 20.6 Å². The van der Waals surface area contributed by atoms with Gasteiger partial charge in [-0.1, -0.05) is 23.2 Å². The number of nitrogens with one attached hydrogen (secondary N) is 2. The van der Waals surface area contributed by atoms with Gasteiger partial charge in [-0.05, 0) is 25.1 Å². The first-order valence-electron chi connectivity index (χ1n) is 6.46. The summed E-state index contributed by atoms with van der Waals surface area (Å²) in [5, 5.41) is 7.52. The van der Waals surface area contributed by atoms with Crippen LogP contribution in [0, 0.1) is 0 Å². The fourth-order valence-electron chi connectivity index (χ4n) is 2.04. The van der Waals surface area contributed by atoms with Crippen molar-refractivity contribution in [1.82, 2.24) is 14.4 Å². The average Bonchev–Trinajstić information content (AvgIpc) is 2.86. The molecule has 0 fully saturated rings. The van der Waals surface area contributed by atoms with E-state index >= 15 is 0 Å². The molecule has 21 heavy (non-hydrogen) atoms. The van der Waals surface area contributed by atoms with Gasteiger partial charge >= 0.3 is 0 Å². The number of anilines is 3. The average molecular weight is 322 g/mol. The van der Waals surface area contributed by atoms with Crippen molar-refractivity contribution in [2.45, 2.75) is 6.92 Å². The van der Waals surface area contributed by atoms with E-state index in [0.29, 0.717) is 15.9 Å². The molecule has 1 aromatic carbocycles. The fraction of sp³-hybridized carbons (Fsp3) is 0.143. The predicted octanol–water partition coefficient (Wildman–Crippen LogP) is 4.21. The number of halogens is 2. The number of rotatable bonds is 4. The SMILES string of the molecule is CCNc1cn2ccnc2c(Nc2cc(Cl)cc(Cl)c2)n1. The van der Waals surface area contributed by atoms with E-state index in [0.717, 1.165) is 23.7 Å². The maximum Gasteiger partial charge on any atom is 0.180 e. The third kappa shape index (κ3) is 3.04. The summed E-state index contributed by atoms with van der Waals surface area (Å²) in [7, 11) is 0. The summed E-state index contributed by atoms with van der Waals surface area (Å²) < 4.78 is 1.90. The van der Waals surface area contributed by atoms with Gasteiger partial charge in [0.15, 0.2) is 11.5 Å². The van der Waals surface area contributed by atoms with Gasteiger partial charge in [0.25, 0.3) is 0 Å². The van der Waals surface area contributed by atoms with Crippen LogP contribution in [0.25, 0.3) is 5.65 Å². The summed E-state index contributed by atoms with van der Waals surface area (Å²) >= 11 is 12.0. The molecule has 0 saturated heterocycles. The zero-order valence-electron chi connectivity index (χ0n) is 11.3. The lowest BCUT2D eigenvalue weighted by Crippen LogP contribution is -2.05. The minimum absolute atomic E-state index is 0.562. The van der Waals surface area contributed by atoms with Crippen LogP contribution in [0.5, 0.6) is 0 Å². The molecule has 7 heteroatoms. The highest BCUT2D eigenvalue weighted by molar-refractivity contribution is 6.35. The van der Waals surface area contributed by atoms with Crippen LogP contribution in [0.1, 0.15) is 6.92 Å². The topological polar surface area (TPSA) is 54.2 Å². The van der Waals surface area contributed by atoms with E-state index in [1.165, 1.54) is 0 Å². The van der Waals surface area contributed by atoms with E-state index in [1.54, 1.807) is 24.4 Å². The first kappa shape index (κ1) is 14.0. The Labute approximate surface area is 131 Å². The van der Waals surface area contributed by atoms with E-state index in [9.17, 15) is 0 Å². The molecule has 0 spiro atoms. The van der Waals surface area contributed by atoms with Gasteiger partial charge in [-0.3, -0.25) is 0 Å². The van der Waals surface area contributed by atoms with Crippen LogP contribution in [-0.4, -0.2) is 20.9 Å². The van der Waals surface area contributed by atoms with Gasteiger partial charge in [-0.2, -0.15) is 0 Å². The minimum atomic E-state index is 0.562. The Morgan fingerprint density at radius 2 is 1.95 bits per heavy atom. The molecule has 0 atom stereocenters. The van der Waals surface area contributed by atoms with E-state index in [4.69, 9.17) is 23.2 Å². The van der Waals surface area contributed by atoms with Crippen molar-refractivity contribution in [3.8, 4) is 0 Å². The quantitative estimate of drug-likeness (QED) is 0.755. The highest BCUT2D eigenvalue weighted by Gasteiger charge is 2.08. The smallest absolute Gasteiger partial charge is 0.180 e. The Balaban J connectivity index is 2.04. The number of nitrogens with zero attached hydrogens (tertiary/aromatic N) is 3. The van der Waals surface area contributed by atoms with Crippen molar-refractivity contribution < 1.29 is 0 Å². The monoisotopic (exact) mass is 321 g/mol. The molecule has 3 aromatic rings. The van der Waals surface area contributed by atoms with Crippen LogP contribution in [0.3, 0.4) is 0 Å². The molecule has 0 aliphatic carbocycles. The molecular weight excluding hydrogens is 309 g/mol. The third-order valence-electron chi connectivity index (χ3n) is 2.86. The van der Waals surface area contributed by atoms with Crippen molar-refractivity contribution >= 4 is 46.2 Å². The lowest BCUT2D eigenvalue weighted by Gasteiger charge is -2.10. The highest BCUT2D eigenvalue weighted by atomic mass is 35.5. The normalized spacial score (nSPS) is 10.8. The molecule has 0 radical (unpaired) electrons. The molecule has 2 N–H and O–H groups in total. The van der Waals surface area contributed by atoms with Crippen LogP contribution < -0.4 is 10.6 Å². The number of imidazole rings is 1. The second-order valence-corrected chi connectivity index (χ2v) is 5.32. The second kappa shape index (κ2) is 5.79. The van der Waals surface area contributed by atoms with Gasteiger partial charge in [0, 0.05) is 34.7 Å². The first-order valence-corrected chi connectivity index (χ1v) is 7.22. The highest BCUT2D eigenvalue weighted by Crippen LogP contribution is 2.26. The maximum absolute atomic E-state index is 6.02. The van der Waals surface area contributed by atoms with Crippen LogP contribution in [0.15, 0.2) is 36.8 Å². The van der Waals surface area contributed by atoms with Gasteiger partial charge in [0.1, 0.15) is 5.82 Å². The Morgan fingerprint density at radius 3 is 2.67 bits per heavy atom. The predicted molar refractivity (Wildman–Crippen MR) is 86.9 cm³/mol. The number of aromatic nitrogens is 3. The molecule has 0 unspecified atom stereocenters. The summed E-state index contributed by atoms with van der Waals surface area (Å²) in [4.78, 5) is 8.83. The van der Waals surface area contributed by atoms with Gasteiger partial charge in [0.05, 0.1) is 6.20 Å². The van der Waals surface area contributed by atoms with E-state index in [-0.39, 0.29) is 0 Å². The lowest BCUT2D eigenvalue weighted by atomic mass is 10.3. The zero-order chi connectivity index (χ0) is 14.8. The Kier molecular flexibility index (Phi) is 3.86. The third-order valence-corrected chi connectivity index (χ3v) is 3.29. The Morgan fingerprint density at radius 1 is 1.19 bits per heavy atom. The molecule has 5 nitrogen and oxygen atoms in total. The van der Waals surface area contributed by atoms with Crippen LogP contribution in [0.2, 0.25) is 10.0 Å². The zero-order valence-corrected chi connectivity index (χ0v) is 12.8. The molecule has 0 aliphatic heterocycles. The number of hydrogen-bond acceptors (Lipinski definition) is 4. The Hall–Kier alpha value is -1.98. The maximum atomic E-state index is 6.02. The van der Waals surface area contributed by atoms with Crippen molar-refractivity contribution in [3.63, 3.8) is 0 Å². The number of hydrogen-bond donors (Lipinski definition) is 2. The lowest BCUT2D eigenvalue weighted by molar-refractivity contribution is 1.09. The Bertz CT molecular complexity index is 764. The van der Waals surface area contributed by atoms with E-state index in [1.807, 2.05) is 23.7 Å². The molecular formula is C14H13Cl2N5. The van der Waals surface area contributed by atoms with Crippen molar-refractivity contribution in [2.75, 3.05) is 17.2 Å². The second-order valence-electron chi connectivity index (χ2n) is 4.45. The van der Waals surface area contributed by atoms with Gasteiger partial charge in [-0.15, -0.1) is 0 Å². The molecule has 3 rings (SSSR count). The van der Waals surface area contributed by atoms with Crippen molar-refractivity contribution in [3.05, 3.63) is 46.8 Å². The van der Waals surface area contributed by atoms with Crippen molar-refractivity contribution in [1.29, 1.82) is 0 Å². The summed E-state index contributed by atoms with van der Waals surface area (Å²) in [6, 6.07) is 5.25. The van der Waals surface area contributed by atoms with Gasteiger partial charge < -0.3 is 15.0 Å². The molecule has 0 amide bonds. The van der Waals surface area contributed by atoms with Crippen LogP contribution >= 0.6 is 23.2 Å². The molecule has 2 heterocycles. The summed E-state index contributed by atoms with van der Waals surface area (Å²) in [5.74, 6) is 1.40. The van der Waals surface area contributed by atoms with Gasteiger partial charge in [0.2, 0.25) is 0 Å². The largest absolute Gasteiger partial charge is 0.369 e. The minimum Gasteiger partial charge on any atom is -0.369 e. The molecule has 0 bridgehead atoms. The summed E-state index contributed by atoms with van der Waals surface area (Å²) in [6.45, 7) is 2.80. The summed E-state index contributed by atoms with van der Waals surface area (Å²) in [6.07, 6.45) is 5.48. The molecule has 2 aromatic heterocycles. The molecule has 108 valence electrons. The van der Waals surface area contributed by atoms with Gasteiger partial charge in [-0.25, -0.2) is 9.97 Å². The van der Waals surface area contributed by atoms with Crippen LogP contribution in [0.4, 0.5) is 17.3 Å². The van der Waals surface area contributed by atoms with Crippen molar-refractivity contribution in [2.24, 2.45) is 0 Å². The number of fused-ring (bicyclic) bond motifs is 1. The van der Waals surface area contributed by atoms with E-state index < -0.39 is 0 Å². The first-order chi connectivity index (χ1) is 10.2. The standard InChI is InChI=1S/C14H13Cl2N5/c1-2-17-12-8-21-4-3-18-14(21)13(20-12)19-11-6-9(15)5-10(16)7-11/h3-8,17H,2H2,1H3,(H,19,20). The fourth-order valence-corrected chi connectivity index (χ4v) is 2.57. The summed E-state index contributed by atoms with van der Waals surface area (Å²) in [5.41, 5.74) is 1.49.